The molecule has 2 saturated carbocycles. The Hall–Kier alpha value is -2.94. The first kappa shape index (κ1) is 30.0. The van der Waals surface area contributed by atoms with Gasteiger partial charge in [0.15, 0.2) is 0 Å². The Morgan fingerprint density at radius 3 is 1.25 bits per heavy atom. The van der Waals surface area contributed by atoms with Crippen molar-refractivity contribution < 1.29 is 15.3 Å². The van der Waals surface area contributed by atoms with E-state index in [0.717, 1.165) is 44.5 Å². The molecule has 3 N–H and O–H groups in total. The second-order valence-electron chi connectivity index (χ2n) is 12.7. The maximum atomic E-state index is 11.1. The molecule has 2 fully saturated rings. The van der Waals surface area contributed by atoms with E-state index in [4.69, 9.17) is 0 Å². The molecule has 3 nitrogen and oxygen atoms in total. The van der Waals surface area contributed by atoms with Gasteiger partial charge in [-0.3, -0.25) is 0 Å². The quantitative estimate of drug-likeness (QED) is 0.307. The van der Waals surface area contributed by atoms with Crippen LogP contribution in [0.3, 0.4) is 0 Å². The van der Waals surface area contributed by atoms with Crippen molar-refractivity contribution in [1.29, 1.82) is 0 Å². The van der Waals surface area contributed by atoms with Gasteiger partial charge in [0.2, 0.25) is 0 Å². The van der Waals surface area contributed by atoms with E-state index >= 15 is 0 Å². The number of hydrogen-bond acceptors (Lipinski definition) is 3. The van der Waals surface area contributed by atoms with Gasteiger partial charge < -0.3 is 15.3 Å². The average molecular weight is 543 g/mol. The number of benzene rings is 3. The summed E-state index contributed by atoms with van der Waals surface area (Å²) in [7, 11) is 0. The summed E-state index contributed by atoms with van der Waals surface area (Å²) in [4.78, 5) is 0. The molecule has 2 aliphatic rings. The molecular formula is C37H50O3. The molecule has 2 aliphatic carbocycles. The molecule has 0 amide bonds. The summed E-state index contributed by atoms with van der Waals surface area (Å²) in [6, 6.07) is 10.7. The standard InChI is InChI=1S/C27H36O2.C10H14O/c1-18-13-22(26(28)24(15-18)20-9-5-3-6-10-20)17-23-14-19(2)16-25(27(23)29)21-11-7-4-8-12-21;1-6-5-7(2)9(4)10(11)8(6)3/h13-16,20-21,28-29H,3-12,17H2,1-2H3;5,11H,1-4H3. The van der Waals surface area contributed by atoms with E-state index in [2.05, 4.69) is 44.2 Å². The molecule has 0 saturated heterocycles. The number of aromatic hydroxyl groups is 3. The maximum Gasteiger partial charge on any atom is 0.122 e. The molecule has 0 aromatic heterocycles. The fourth-order valence-electron chi connectivity index (χ4n) is 6.89. The van der Waals surface area contributed by atoms with Gasteiger partial charge in [-0.05, 0) is 124 Å². The van der Waals surface area contributed by atoms with Gasteiger partial charge >= 0.3 is 0 Å². The molecule has 0 unspecified atom stereocenters. The van der Waals surface area contributed by atoms with Gasteiger partial charge in [0.05, 0.1) is 0 Å². The van der Waals surface area contributed by atoms with Crippen LogP contribution in [0.5, 0.6) is 17.2 Å². The van der Waals surface area contributed by atoms with E-state index in [-0.39, 0.29) is 0 Å². The average Bonchev–Trinajstić information content (AvgIpc) is 2.95. The molecule has 216 valence electrons. The number of hydrogen-bond donors (Lipinski definition) is 3. The van der Waals surface area contributed by atoms with Crippen LogP contribution in [0.4, 0.5) is 0 Å². The molecule has 0 radical (unpaired) electrons. The van der Waals surface area contributed by atoms with Gasteiger partial charge in [0.25, 0.3) is 0 Å². The predicted octanol–water partition coefficient (Wildman–Crippen LogP) is 10.0. The van der Waals surface area contributed by atoms with Gasteiger partial charge in [-0.1, -0.05) is 80.0 Å². The van der Waals surface area contributed by atoms with Crippen molar-refractivity contribution in [2.24, 2.45) is 0 Å². The number of phenols is 3. The Morgan fingerprint density at radius 1 is 0.500 bits per heavy atom. The number of phenolic OH excluding ortho intramolecular Hbond substituents is 3. The molecule has 3 aromatic carbocycles. The first-order valence-electron chi connectivity index (χ1n) is 15.5. The van der Waals surface area contributed by atoms with E-state index in [1.807, 2.05) is 27.7 Å². The summed E-state index contributed by atoms with van der Waals surface area (Å²) >= 11 is 0. The van der Waals surface area contributed by atoms with Crippen molar-refractivity contribution in [3.63, 3.8) is 0 Å². The summed E-state index contributed by atoms with van der Waals surface area (Å²) in [5.41, 5.74) is 10.9. The van der Waals surface area contributed by atoms with Gasteiger partial charge in [-0.2, -0.15) is 0 Å². The van der Waals surface area contributed by atoms with Crippen LogP contribution in [0.1, 0.15) is 132 Å². The summed E-state index contributed by atoms with van der Waals surface area (Å²) in [5.74, 6) is 2.32. The number of rotatable bonds is 4. The first-order valence-corrected chi connectivity index (χ1v) is 15.5. The minimum atomic E-state index is 0.447. The van der Waals surface area contributed by atoms with Crippen LogP contribution in [0.25, 0.3) is 0 Å². The fraction of sp³-hybridized carbons (Fsp3) is 0.514. The van der Waals surface area contributed by atoms with Gasteiger partial charge in [-0.15, -0.1) is 0 Å². The topological polar surface area (TPSA) is 60.7 Å². The lowest BCUT2D eigenvalue weighted by atomic mass is 9.81. The van der Waals surface area contributed by atoms with E-state index < -0.39 is 0 Å². The minimum absolute atomic E-state index is 0.447. The third-order valence-electron chi connectivity index (χ3n) is 9.52. The van der Waals surface area contributed by atoms with Crippen molar-refractivity contribution in [1.82, 2.24) is 0 Å². The summed E-state index contributed by atoms with van der Waals surface area (Å²) < 4.78 is 0. The third-order valence-corrected chi connectivity index (χ3v) is 9.52. The summed E-state index contributed by atoms with van der Waals surface area (Å²) in [6.45, 7) is 12.2. The van der Waals surface area contributed by atoms with Gasteiger partial charge in [-0.25, -0.2) is 0 Å². The zero-order valence-corrected chi connectivity index (χ0v) is 25.7. The second kappa shape index (κ2) is 13.1. The van der Waals surface area contributed by atoms with Crippen LogP contribution in [0.15, 0.2) is 30.3 Å². The SMILES string of the molecule is Cc1cc(C)c(C)c(O)c1C.Cc1cc(Cc2cc(C)cc(C3CCCCC3)c2O)c(O)c(C2CCCCC2)c1. The van der Waals surface area contributed by atoms with Crippen molar-refractivity contribution in [2.75, 3.05) is 0 Å². The molecular weight excluding hydrogens is 492 g/mol. The van der Waals surface area contributed by atoms with Gasteiger partial charge in [0, 0.05) is 6.42 Å². The molecule has 0 bridgehead atoms. The highest BCUT2D eigenvalue weighted by Gasteiger charge is 2.24. The summed E-state index contributed by atoms with van der Waals surface area (Å²) in [5, 5.41) is 31.8. The summed E-state index contributed by atoms with van der Waals surface area (Å²) in [6.07, 6.45) is 13.0. The van der Waals surface area contributed by atoms with Crippen LogP contribution >= 0.6 is 0 Å². The van der Waals surface area contributed by atoms with Crippen molar-refractivity contribution in [3.05, 3.63) is 86.0 Å². The Balaban J connectivity index is 0.000000283. The first-order chi connectivity index (χ1) is 19.1. The predicted molar refractivity (Wildman–Crippen MR) is 167 cm³/mol. The van der Waals surface area contributed by atoms with E-state index in [1.54, 1.807) is 0 Å². The Kier molecular flexibility index (Phi) is 9.87. The van der Waals surface area contributed by atoms with Crippen LogP contribution < -0.4 is 0 Å². The highest BCUT2D eigenvalue weighted by atomic mass is 16.3. The van der Waals surface area contributed by atoms with Gasteiger partial charge in [0.1, 0.15) is 17.2 Å². The monoisotopic (exact) mass is 542 g/mol. The molecule has 5 rings (SSSR count). The lowest BCUT2D eigenvalue weighted by Crippen LogP contribution is -2.07. The van der Waals surface area contributed by atoms with Crippen LogP contribution in [-0.2, 0) is 6.42 Å². The van der Waals surface area contributed by atoms with E-state index in [1.165, 1.54) is 75.3 Å². The zero-order valence-electron chi connectivity index (χ0n) is 25.7. The molecule has 0 heterocycles. The van der Waals surface area contributed by atoms with Crippen LogP contribution in [-0.4, -0.2) is 15.3 Å². The smallest absolute Gasteiger partial charge is 0.122 e. The van der Waals surface area contributed by atoms with Crippen molar-refractivity contribution in [2.45, 2.75) is 124 Å². The molecule has 3 heteroatoms. The maximum absolute atomic E-state index is 11.1. The highest BCUT2D eigenvalue weighted by molar-refractivity contribution is 5.52. The minimum Gasteiger partial charge on any atom is -0.507 e. The highest BCUT2D eigenvalue weighted by Crippen LogP contribution is 2.43. The Morgan fingerprint density at radius 2 is 0.875 bits per heavy atom. The third kappa shape index (κ3) is 6.85. The second-order valence-corrected chi connectivity index (χ2v) is 12.7. The lowest BCUT2D eigenvalue weighted by molar-refractivity contribution is 0.408. The van der Waals surface area contributed by atoms with Crippen LogP contribution in [0, 0.1) is 41.5 Å². The lowest BCUT2D eigenvalue weighted by Gasteiger charge is -2.25. The molecule has 0 atom stereocenters. The van der Waals surface area contributed by atoms with Crippen molar-refractivity contribution >= 4 is 0 Å². The van der Waals surface area contributed by atoms with E-state index in [9.17, 15) is 15.3 Å². The van der Waals surface area contributed by atoms with E-state index in [0.29, 0.717) is 35.5 Å². The largest absolute Gasteiger partial charge is 0.507 e. The molecule has 40 heavy (non-hydrogen) atoms. The molecule has 0 aliphatic heterocycles. The Labute approximate surface area is 242 Å². The normalized spacial score (nSPS) is 16.4. The van der Waals surface area contributed by atoms with Crippen molar-refractivity contribution in [3.8, 4) is 17.2 Å². The number of aryl methyl sites for hydroxylation is 4. The molecule has 0 spiro atoms. The fourth-order valence-corrected chi connectivity index (χ4v) is 6.89. The molecule has 3 aromatic rings. The zero-order chi connectivity index (χ0) is 29.0. The Bertz CT molecular complexity index is 1230. The van der Waals surface area contributed by atoms with Crippen LogP contribution in [0.2, 0.25) is 0 Å².